The molecule has 0 aliphatic heterocycles. The molecule has 1 aliphatic carbocycles. The van der Waals surface area contributed by atoms with E-state index < -0.39 is 21.3 Å². The zero-order valence-electron chi connectivity index (χ0n) is 9.69. The first-order chi connectivity index (χ1) is 7.87. The number of thiazole rings is 1. The van der Waals surface area contributed by atoms with E-state index in [1.165, 1.54) is 0 Å². The largest absolute Gasteiger partial charge is 0.291 e. The highest BCUT2D eigenvalue weighted by Gasteiger charge is 2.46. The van der Waals surface area contributed by atoms with Crippen LogP contribution in [0.5, 0.6) is 0 Å². The van der Waals surface area contributed by atoms with Crippen LogP contribution in [-0.2, 0) is 21.2 Å². The van der Waals surface area contributed by atoms with Gasteiger partial charge < -0.3 is 0 Å². The molecule has 1 aromatic heterocycles. The lowest BCUT2D eigenvalue weighted by Gasteiger charge is -2.08. The number of carbonyl (C=O) groups is 1. The van der Waals surface area contributed by atoms with E-state index in [0.29, 0.717) is 6.42 Å². The van der Waals surface area contributed by atoms with Crippen molar-refractivity contribution in [2.45, 2.75) is 37.4 Å². The quantitative estimate of drug-likeness (QED) is 0.898. The van der Waals surface area contributed by atoms with Gasteiger partial charge >= 0.3 is 0 Å². The molecule has 0 unspecified atom stereocenters. The van der Waals surface area contributed by atoms with E-state index in [0.717, 1.165) is 29.9 Å². The van der Waals surface area contributed by atoms with Gasteiger partial charge in [0.15, 0.2) is 0 Å². The summed E-state index contributed by atoms with van der Waals surface area (Å²) >= 11 is 1.04. The number of sulfonamides is 1. The van der Waals surface area contributed by atoms with Gasteiger partial charge in [-0.1, -0.05) is 13.8 Å². The molecular weight excluding hydrogens is 260 g/mol. The highest BCUT2D eigenvalue weighted by atomic mass is 32.2. The molecule has 0 radical (unpaired) electrons. The summed E-state index contributed by atoms with van der Waals surface area (Å²) in [5, 5.41) is 1.69. The van der Waals surface area contributed by atoms with Gasteiger partial charge in [0.05, 0.1) is 5.69 Å². The summed E-state index contributed by atoms with van der Waals surface area (Å²) in [6, 6.07) is 0. The second kappa shape index (κ2) is 4.06. The van der Waals surface area contributed by atoms with Crippen molar-refractivity contribution in [1.82, 2.24) is 9.71 Å². The molecule has 1 aromatic rings. The number of aryl methyl sites for hydroxylation is 1. The van der Waals surface area contributed by atoms with E-state index in [2.05, 4.69) is 9.71 Å². The van der Waals surface area contributed by atoms with E-state index >= 15 is 0 Å². The standard InChI is InChI=1S/C10H14N2O3S2/c1-3-7-6-16-9(11-7)17(14,15)12-8(13)10(2)4-5-10/h6H,3-5H2,1-2H3,(H,12,13). The normalized spacial score (nSPS) is 17.8. The Balaban J connectivity index is 2.16. The van der Waals surface area contributed by atoms with Gasteiger partial charge in [0.1, 0.15) is 0 Å². The minimum atomic E-state index is -3.78. The van der Waals surface area contributed by atoms with E-state index in [1.54, 1.807) is 12.3 Å². The van der Waals surface area contributed by atoms with Crippen LogP contribution in [0.1, 0.15) is 32.4 Å². The first-order valence-corrected chi connectivity index (χ1v) is 7.75. The third-order valence-corrected chi connectivity index (χ3v) is 5.53. The van der Waals surface area contributed by atoms with Crippen LogP contribution in [0.2, 0.25) is 0 Å². The number of nitrogens with one attached hydrogen (secondary N) is 1. The molecule has 1 aliphatic rings. The van der Waals surface area contributed by atoms with E-state index in [-0.39, 0.29) is 4.34 Å². The number of rotatable bonds is 4. The first-order valence-electron chi connectivity index (χ1n) is 5.39. The van der Waals surface area contributed by atoms with Gasteiger partial charge in [0, 0.05) is 10.8 Å². The highest BCUT2D eigenvalue weighted by molar-refractivity contribution is 7.92. The van der Waals surface area contributed by atoms with Gasteiger partial charge in [0.2, 0.25) is 10.2 Å². The predicted molar refractivity (Wildman–Crippen MR) is 64.2 cm³/mol. The van der Waals surface area contributed by atoms with Crippen molar-refractivity contribution < 1.29 is 13.2 Å². The molecular formula is C10H14N2O3S2. The number of amides is 1. The van der Waals surface area contributed by atoms with Crippen LogP contribution in [-0.4, -0.2) is 19.3 Å². The van der Waals surface area contributed by atoms with Crippen molar-refractivity contribution in [3.63, 3.8) is 0 Å². The molecule has 1 N–H and O–H groups in total. The average Bonchev–Trinajstić information content (AvgIpc) is 2.83. The van der Waals surface area contributed by atoms with E-state index in [9.17, 15) is 13.2 Å². The zero-order valence-corrected chi connectivity index (χ0v) is 11.3. The molecule has 7 heteroatoms. The third-order valence-electron chi connectivity index (χ3n) is 2.90. The third kappa shape index (κ3) is 2.50. The highest BCUT2D eigenvalue weighted by Crippen LogP contribution is 2.45. The van der Waals surface area contributed by atoms with Crippen molar-refractivity contribution in [3.8, 4) is 0 Å². The lowest BCUT2D eigenvalue weighted by atomic mass is 10.1. The maximum Gasteiger partial charge on any atom is 0.291 e. The maximum absolute atomic E-state index is 11.9. The van der Waals surface area contributed by atoms with Gasteiger partial charge in [0.25, 0.3) is 10.0 Å². The number of hydrogen-bond acceptors (Lipinski definition) is 5. The average molecular weight is 274 g/mol. The summed E-state index contributed by atoms with van der Waals surface area (Å²) in [5.74, 6) is -0.425. The molecule has 0 bridgehead atoms. The van der Waals surface area contributed by atoms with Crippen LogP contribution >= 0.6 is 11.3 Å². The Bertz CT molecular complexity index is 544. The molecule has 0 aromatic carbocycles. The van der Waals surface area contributed by atoms with Crippen molar-refractivity contribution >= 4 is 27.3 Å². The van der Waals surface area contributed by atoms with Gasteiger partial charge in [-0.3, -0.25) is 4.79 Å². The minimum absolute atomic E-state index is 0.0352. The molecule has 17 heavy (non-hydrogen) atoms. The fraction of sp³-hybridized carbons (Fsp3) is 0.600. The van der Waals surface area contributed by atoms with Crippen LogP contribution < -0.4 is 4.72 Å². The second-order valence-electron chi connectivity index (χ2n) is 4.45. The Kier molecular flexibility index (Phi) is 2.99. The number of nitrogens with zero attached hydrogens (tertiary/aromatic N) is 1. The Morgan fingerprint density at radius 2 is 2.24 bits per heavy atom. The van der Waals surface area contributed by atoms with Crippen molar-refractivity contribution in [2.24, 2.45) is 5.41 Å². The fourth-order valence-electron chi connectivity index (χ4n) is 1.28. The molecule has 2 rings (SSSR count). The summed E-state index contributed by atoms with van der Waals surface area (Å²) in [6.07, 6.45) is 2.16. The van der Waals surface area contributed by atoms with Gasteiger partial charge in [-0.25, -0.2) is 9.71 Å². The lowest BCUT2D eigenvalue weighted by Crippen LogP contribution is -2.35. The molecule has 1 fully saturated rings. The van der Waals surface area contributed by atoms with Gasteiger partial charge in [-0.15, -0.1) is 11.3 Å². The summed E-state index contributed by atoms with van der Waals surface area (Å²) in [4.78, 5) is 15.7. The topological polar surface area (TPSA) is 76.1 Å². The molecule has 1 amide bonds. The molecule has 5 nitrogen and oxygen atoms in total. The monoisotopic (exact) mass is 274 g/mol. The van der Waals surface area contributed by atoms with E-state index in [4.69, 9.17) is 0 Å². The van der Waals surface area contributed by atoms with Crippen molar-refractivity contribution in [1.29, 1.82) is 0 Å². The van der Waals surface area contributed by atoms with Gasteiger partial charge in [-0.05, 0) is 19.3 Å². The molecule has 0 saturated heterocycles. The molecule has 1 heterocycles. The molecule has 1 saturated carbocycles. The Hall–Kier alpha value is -0.950. The second-order valence-corrected chi connectivity index (χ2v) is 7.17. The number of hydrogen-bond donors (Lipinski definition) is 1. The van der Waals surface area contributed by atoms with Crippen molar-refractivity contribution in [2.75, 3.05) is 0 Å². The first kappa shape index (κ1) is 12.5. The smallest absolute Gasteiger partial charge is 0.273 e. The van der Waals surface area contributed by atoms with Crippen LogP contribution in [0.3, 0.4) is 0 Å². The van der Waals surface area contributed by atoms with E-state index in [1.807, 2.05) is 6.92 Å². The summed E-state index contributed by atoms with van der Waals surface area (Å²) in [7, 11) is -3.78. The van der Waals surface area contributed by atoms with Gasteiger partial charge in [-0.2, -0.15) is 8.42 Å². The molecule has 0 atom stereocenters. The molecule has 94 valence electrons. The predicted octanol–water partition coefficient (Wildman–Crippen LogP) is 1.31. The van der Waals surface area contributed by atoms with Crippen molar-refractivity contribution in [3.05, 3.63) is 11.1 Å². The number of aromatic nitrogens is 1. The Labute approximate surface area is 104 Å². The van der Waals surface area contributed by atoms with Crippen LogP contribution in [0, 0.1) is 5.41 Å². The summed E-state index contributed by atoms with van der Waals surface area (Å²) < 4.78 is 25.8. The van der Waals surface area contributed by atoms with Crippen LogP contribution in [0.25, 0.3) is 0 Å². The maximum atomic E-state index is 11.9. The minimum Gasteiger partial charge on any atom is -0.273 e. The fourth-order valence-corrected chi connectivity index (χ4v) is 3.50. The SMILES string of the molecule is CCc1csc(S(=O)(=O)NC(=O)C2(C)CC2)n1. The number of carbonyl (C=O) groups excluding carboxylic acids is 1. The Morgan fingerprint density at radius 3 is 2.71 bits per heavy atom. The lowest BCUT2D eigenvalue weighted by molar-refractivity contribution is -0.123. The van der Waals surface area contributed by atoms with Crippen LogP contribution in [0.15, 0.2) is 9.72 Å². The Morgan fingerprint density at radius 1 is 1.59 bits per heavy atom. The molecule has 0 spiro atoms. The van der Waals surface area contributed by atoms with Crippen LogP contribution in [0.4, 0.5) is 0 Å². The summed E-state index contributed by atoms with van der Waals surface area (Å²) in [6.45, 7) is 3.66. The zero-order chi connectivity index (χ0) is 12.7. The summed E-state index contributed by atoms with van der Waals surface area (Å²) in [5.41, 5.74) is 0.221.